The lowest BCUT2D eigenvalue weighted by Gasteiger charge is -2.47. The van der Waals surface area contributed by atoms with E-state index in [0.29, 0.717) is 21.5 Å². The van der Waals surface area contributed by atoms with Crippen LogP contribution < -0.4 is 10.3 Å². The average Bonchev–Trinajstić information content (AvgIpc) is 2.62. The molecule has 0 saturated heterocycles. The molecule has 2 aromatic rings. The summed E-state index contributed by atoms with van der Waals surface area (Å²) in [6.45, 7) is 9.86. The van der Waals surface area contributed by atoms with Crippen LogP contribution in [0.1, 0.15) is 61.5 Å². The van der Waals surface area contributed by atoms with Crippen molar-refractivity contribution >= 4 is 41.0 Å². The van der Waals surface area contributed by atoms with E-state index in [2.05, 4.69) is 49.2 Å². The summed E-state index contributed by atoms with van der Waals surface area (Å²) in [5.74, 6) is 0.0957. The second-order valence-electron chi connectivity index (χ2n) is 7.80. The number of carbonyl (C=O) groups excluding carboxylic acids is 1. The molecule has 28 heavy (non-hydrogen) atoms. The first-order valence-corrected chi connectivity index (χ1v) is 10.2. The molecular weight excluding hydrogens is 393 g/mol. The molecule has 1 aliphatic heterocycles. The third-order valence-electron chi connectivity index (χ3n) is 5.28. The Bertz CT molecular complexity index is 924. The van der Waals surface area contributed by atoms with Gasteiger partial charge in [0.2, 0.25) is 0 Å². The number of nitrogens with zero attached hydrogens (tertiary/aromatic N) is 2. The van der Waals surface area contributed by atoms with Crippen LogP contribution in [0.2, 0.25) is 10.0 Å². The minimum Gasteiger partial charge on any atom is -0.366 e. The van der Waals surface area contributed by atoms with E-state index >= 15 is 0 Å². The summed E-state index contributed by atoms with van der Waals surface area (Å²) in [4.78, 5) is 14.6. The number of rotatable bonds is 4. The highest BCUT2D eigenvalue weighted by Crippen LogP contribution is 2.44. The van der Waals surface area contributed by atoms with Gasteiger partial charge in [0.15, 0.2) is 0 Å². The van der Waals surface area contributed by atoms with Gasteiger partial charge in [0, 0.05) is 33.9 Å². The molecule has 1 atom stereocenters. The lowest BCUT2D eigenvalue weighted by Crippen LogP contribution is -2.48. The first-order valence-electron chi connectivity index (χ1n) is 9.43. The number of halogens is 2. The Morgan fingerprint density at radius 2 is 2.07 bits per heavy atom. The Hall–Kier alpha value is -2.04. The molecule has 0 aliphatic carbocycles. The zero-order chi connectivity index (χ0) is 20.5. The summed E-state index contributed by atoms with van der Waals surface area (Å²) in [7, 11) is 0. The van der Waals surface area contributed by atoms with Crippen LogP contribution in [0.15, 0.2) is 41.5 Å². The van der Waals surface area contributed by atoms with Gasteiger partial charge in [-0.2, -0.15) is 5.10 Å². The van der Waals surface area contributed by atoms with Crippen LogP contribution >= 0.6 is 23.2 Å². The van der Waals surface area contributed by atoms with Gasteiger partial charge >= 0.3 is 0 Å². The number of fused-ring (bicyclic) bond motifs is 1. The molecule has 1 unspecified atom stereocenters. The standard InChI is InChI=1S/C22H25Cl2N3O/c1-5-27-20-11-19(24)16(10-18(20)14(2)12-22(27,3)4)13-25-26-21(28)15-7-6-8-17(23)9-15/h6-11,13-14H,5,12H2,1-4H3,(H,26,28)/b25-13-. The van der Waals surface area contributed by atoms with Gasteiger partial charge in [0.05, 0.1) is 11.2 Å². The summed E-state index contributed by atoms with van der Waals surface area (Å²) in [5.41, 5.74) is 6.29. The summed E-state index contributed by atoms with van der Waals surface area (Å²) in [5, 5.41) is 5.20. The van der Waals surface area contributed by atoms with Gasteiger partial charge < -0.3 is 4.90 Å². The Labute approximate surface area is 176 Å². The summed E-state index contributed by atoms with van der Waals surface area (Å²) >= 11 is 12.5. The van der Waals surface area contributed by atoms with Gasteiger partial charge in [-0.1, -0.05) is 36.2 Å². The van der Waals surface area contributed by atoms with Crippen LogP contribution in [0, 0.1) is 0 Å². The molecule has 2 aromatic carbocycles. The van der Waals surface area contributed by atoms with Gasteiger partial charge in [0.1, 0.15) is 0 Å². The molecule has 1 amide bonds. The number of anilines is 1. The summed E-state index contributed by atoms with van der Waals surface area (Å²) < 4.78 is 0. The molecule has 0 saturated carbocycles. The lowest BCUT2D eigenvalue weighted by atomic mass is 9.79. The van der Waals surface area contributed by atoms with E-state index < -0.39 is 0 Å². The Balaban J connectivity index is 1.83. The SMILES string of the molecule is CCN1c2cc(Cl)c(/C=N\NC(=O)c3cccc(Cl)c3)cc2C(C)CC1(C)C. The third-order valence-corrected chi connectivity index (χ3v) is 5.84. The van der Waals surface area contributed by atoms with Gasteiger partial charge in [-0.3, -0.25) is 4.79 Å². The van der Waals surface area contributed by atoms with Crippen LogP contribution in [0.3, 0.4) is 0 Å². The Morgan fingerprint density at radius 1 is 1.32 bits per heavy atom. The Kier molecular flexibility index (Phi) is 6.01. The number of hydrazone groups is 1. The van der Waals surface area contributed by atoms with Crippen molar-refractivity contribution in [3.05, 3.63) is 63.1 Å². The van der Waals surface area contributed by atoms with Crippen molar-refractivity contribution in [1.29, 1.82) is 0 Å². The maximum Gasteiger partial charge on any atom is 0.271 e. The number of benzene rings is 2. The van der Waals surface area contributed by atoms with Crippen LogP contribution in [-0.4, -0.2) is 24.2 Å². The van der Waals surface area contributed by atoms with Crippen molar-refractivity contribution in [2.45, 2.75) is 45.6 Å². The summed E-state index contributed by atoms with van der Waals surface area (Å²) in [6, 6.07) is 10.8. The van der Waals surface area contributed by atoms with Crippen molar-refractivity contribution in [2.24, 2.45) is 5.10 Å². The van der Waals surface area contributed by atoms with Crippen LogP contribution in [0.4, 0.5) is 5.69 Å². The molecule has 0 radical (unpaired) electrons. The molecule has 1 N–H and O–H groups in total. The molecule has 1 aliphatic rings. The lowest BCUT2D eigenvalue weighted by molar-refractivity contribution is 0.0955. The zero-order valence-corrected chi connectivity index (χ0v) is 18.1. The van der Waals surface area contributed by atoms with Crippen molar-refractivity contribution < 1.29 is 4.79 Å². The maximum absolute atomic E-state index is 12.2. The molecule has 3 rings (SSSR count). The van der Waals surface area contributed by atoms with E-state index in [1.807, 2.05) is 6.07 Å². The van der Waals surface area contributed by atoms with E-state index in [1.54, 1.807) is 30.5 Å². The highest BCUT2D eigenvalue weighted by Gasteiger charge is 2.35. The number of hydrogen-bond donors (Lipinski definition) is 1. The molecule has 0 bridgehead atoms. The van der Waals surface area contributed by atoms with E-state index in [4.69, 9.17) is 23.2 Å². The minimum absolute atomic E-state index is 0.0883. The highest BCUT2D eigenvalue weighted by atomic mass is 35.5. The van der Waals surface area contributed by atoms with Crippen molar-refractivity contribution in [2.75, 3.05) is 11.4 Å². The quantitative estimate of drug-likeness (QED) is 0.499. The van der Waals surface area contributed by atoms with Crippen LogP contribution in [0.25, 0.3) is 0 Å². The van der Waals surface area contributed by atoms with E-state index in [0.717, 1.165) is 18.5 Å². The second-order valence-corrected chi connectivity index (χ2v) is 8.65. The van der Waals surface area contributed by atoms with Gasteiger partial charge in [-0.15, -0.1) is 0 Å². The van der Waals surface area contributed by atoms with Crippen LogP contribution in [-0.2, 0) is 0 Å². The maximum atomic E-state index is 12.2. The van der Waals surface area contributed by atoms with Crippen LogP contribution in [0.5, 0.6) is 0 Å². The fourth-order valence-electron chi connectivity index (χ4n) is 4.07. The summed E-state index contributed by atoms with van der Waals surface area (Å²) in [6.07, 6.45) is 2.66. The smallest absolute Gasteiger partial charge is 0.271 e. The second kappa shape index (κ2) is 8.14. The van der Waals surface area contributed by atoms with Crippen molar-refractivity contribution in [3.63, 3.8) is 0 Å². The fourth-order valence-corrected chi connectivity index (χ4v) is 4.47. The molecule has 4 nitrogen and oxygen atoms in total. The highest BCUT2D eigenvalue weighted by molar-refractivity contribution is 6.33. The monoisotopic (exact) mass is 417 g/mol. The first kappa shape index (κ1) is 20.7. The van der Waals surface area contributed by atoms with Gasteiger partial charge in [0.25, 0.3) is 5.91 Å². The molecule has 1 heterocycles. The number of carbonyl (C=O) groups is 1. The van der Waals surface area contributed by atoms with E-state index in [9.17, 15) is 4.79 Å². The van der Waals surface area contributed by atoms with Crippen molar-refractivity contribution in [1.82, 2.24) is 5.43 Å². The average molecular weight is 418 g/mol. The molecule has 148 valence electrons. The predicted octanol–water partition coefficient (Wildman–Crippen LogP) is 5.87. The zero-order valence-electron chi connectivity index (χ0n) is 16.6. The minimum atomic E-state index is -0.319. The number of nitrogens with one attached hydrogen (secondary N) is 1. The molecular formula is C22H25Cl2N3O. The molecule has 0 fully saturated rings. The normalized spacial score (nSPS) is 18.2. The van der Waals surface area contributed by atoms with E-state index in [1.165, 1.54) is 11.3 Å². The number of hydrogen-bond acceptors (Lipinski definition) is 3. The Morgan fingerprint density at radius 3 is 2.75 bits per heavy atom. The predicted molar refractivity (Wildman–Crippen MR) is 118 cm³/mol. The van der Waals surface area contributed by atoms with Gasteiger partial charge in [-0.25, -0.2) is 5.43 Å². The molecule has 0 spiro atoms. The van der Waals surface area contributed by atoms with E-state index in [-0.39, 0.29) is 11.4 Å². The topological polar surface area (TPSA) is 44.7 Å². The molecule has 6 heteroatoms. The third kappa shape index (κ3) is 4.18. The van der Waals surface area contributed by atoms with Crippen molar-refractivity contribution in [3.8, 4) is 0 Å². The first-order chi connectivity index (χ1) is 13.2. The molecule has 0 aromatic heterocycles. The largest absolute Gasteiger partial charge is 0.366 e. The van der Waals surface area contributed by atoms with Gasteiger partial charge in [-0.05, 0) is 69.0 Å². The number of amides is 1. The fraction of sp³-hybridized carbons (Fsp3) is 0.364.